The molecule has 0 radical (unpaired) electrons. The minimum Gasteiger partial charge on any atom is -0.494 e. The van der Waals surface area contributed by atoms with Crippen LogP contribution < -0.4 is 20.4 Å². The van der Waals surface area contributed by atoms with Crippen molar-refractivity contribution in [3.63, 3.8) is 0 Å². The first kappa shape index (κ1) is 19.3. The summed E-state index contributed by atoms with van der Waals surface area (Å²) in [6.45, 7) is 4.35. The fourth-order valence-corrected chi connectivity index (χ4v) is 2.26. The van der Waals surface area contributed by atoms with Crippen LogP contribution in [-0.4, -0.2) is 38.9 Å². The lowest BCUT2D eigenvalue weighted by Gasteiger charge is -2.14. The maximum Gasteiger partial charge on any atom is 0.262 e. The van der Waals surface area contributed by atoms with Crippen molar-refractivity contribution < 1.29 is 9.53 Å². The Balaban J connectivity index is 1.84. The number of hydrogen-bond acceptors (Lipinski definition) is 5. The van der Waals surface area contributed by atoms with Crippen molar-refractivity contribution in [2.45, 2.75) is 19.9 Å². The van der Waals surface area contributed by atoms with E-state index < -0.39 is 6.04 Å². The molecule has 0 aliphatic heterocycles. The van der Waals surface area contributed by atoms with Gasteiger partial charge < -0.3 is 15.0 Å². The van der Waals surface area contributed by atoms with Gasteiger partial charge in [-0.3, -0.25) is 4.79 Å². The van der Waals surface area contributed by atoms with Crippen LogP contribution in [0.25, 0.3) is 0 Å². The van der Waals surface area contributed by atoms with Gasteiger partial charge in [0.2, 0.25) is 0 Å². The largest absolute Gasteiger partial charge is 0.494 e. The van der Waals surface area contributed by atoms with Crippen LogP contribution >= 0.6 is 0 Å². The lowest BCUT2D eigenvalue weighted by molar-refractivity contribution is -0.121. The number of nitrogens with zero attached hydrogens (tertiary/aromatic N) is 2. The molecule has 1 atom stereocenters. The van der Waals surface area contributed by atoms with Gasteiger partial charge in [-0.2, -0.15) is 5.10 Å². The molecule has 0 unspecified atom stereocenters. The molecule has 0 aliphatic rings. The Morgan fingerprint density at radius 2 is 1.81 bits per heavy atom. The Kier molecular flexibility index (Phi) is 7.02. The minimum absolute atomic E-state index is 0.208. The van der Waals surface area contributed by atoms with E-state index in [4.69, 9.17) is 4.74 Å². The zero-order valence-electron chi connectivity index (χ0n) is 15.7. The highest BCUT2D eigenvalue weighted by Crippen LogP contribution is 2.16. The summed E-state index contributed by atoms with van der Waals surface area (Å²) in [6, 6.07) is 15.0. The van der Waals surface area contributed by atoms with Crippen molar-refractivity contribution in [1.82, 2.24) is 5.43 Å². The summed E-state index contributed by atoms with van der Waals surface area (Å²) < 4.78 is 5.40. The van der Waals surface area contributed by atoms with E-state index in [-0.39, 0.29) is 5.91 Å². The number of carbonyl (C=O) groups excluding carboxylic acids is 1. The monoisotopic (exact) mass is 354 g/mol. The van der Waals surface area contributed by atoms with Crippen molar-refractivity contribution >= 4 is 23.5 Å². The third-order valence-electron chi connectivity index (χ3n) is 3.74. The van der Waals surface area contributed by atoms with Gasteiger partial charge in [0.25, 0.3) is 5.91 Å². The summed E-state index contributed by atoms with van der Waals surface area (Å²) in [4.78, 5) is 14.2. The predicted octanol–water partition coefficient (Wildman–Crippen LogP) is 3.10. The Hall–Kier alpha value is -3.02. The number of rotatable bonds is 8. The first-order chi connectivity index (χ1) is 12.5. The predicted molar refractivity (Wildman–Crippen MR) is 107 cm³/mol. The molecule has 0 heterocycles. The van der Waals surface area contributed by atoms with E-state index in [1.54, 1.807) is 13.1 Å². The van der Waals surface area contributed by atoms with Crippen molar-refractivity contribution in [2.24, 2.45) is 5.10 Å². The maximum absolute atomic E-state index is 12.1. The normalized spacial score (nSPS) is 11.8. The molecule has 0 saturated carbocycles. The van der Waals surface area contributed by atoms with Gasteiger partial charge in [0.1, 0.15) is 11.8 Å². The van der Waals surface area contributed by atoms with E-state index in [1.807, 2.05) is 74.4 Å². The molecular weight excluding hydrogens is 328 g/mol. The van der Waals surface area contributed by atoms with Crippen LogP contribution in [0.3, 0.4) is 0 Å². The van der Waals surface area contributed by atoms with Crippen LogP contribution in [0.2, 0.25) is 0 Å². The smallest absolute Gasteiger partial charge is 0.262 e. The molecule has 2 rings (SSSR count). The van der Waals surface area contributed by atoms with Crippen molar-refractivity contribution in [1.29, 1.82) is 0 Å². The van der Waals surface area contributed by atoms with E-state index in [9.17, 15) is 4.79 Å². The number of hydrazone groups is 1. The molecule has 2 N–H and O–H groups in total. The fraction of sp³-hybridized carbons (Fsp3) is 0.300. The fourth-order valence-electron chi connectivity index (χ4n) is 2.26. The van der Waals surface area contributed by atoms with E-state index >= 15 is 0 Å². The molecule has 2 aromatic carbocycles. The van der Waals surface area contributed by atoms with Crippen LogP contribution in [0.1, 0.15) is 19.4 Å². The average Bonchev–Trinajstić information content (AvgIpc) is 2.64. The second-order valence-corrected chi connectivity index (χ2v) is 6.04. The van der Waals surface area contributed by atoms with Crippen molar-refractivity contribution in [2.75, 3.05) is 30.9 Å². The summed E-state index contributed by atoms with van der Waals surface area (Å²) in [5.41, 5.74) is 5.43. The molecular formula is C20H26N4O2. The van der Waals surface area contributed by atoms with Gasteiger partial charge in [0.05, 0.1) is 12.8 Å². The van der Waals surface area contributed by atoms with Crippen molar-refractivity contribution in [3.8, 4) is 5.75 Å². The number of benzene rings is 2. The number of hydrogen-bond donors (Lipinski definition) is 2. The van der Waals surface area contributed by atoms with Gasteiger partial charge in [-0.05, 0) is 55.8 Å². The molecule has 0 fully saturated rings. The lowest BCUT2D eigenvalue weighted by atomic mass is 10.2. The van der Waals surface area contributed by atoms with Crippen LogP contribution in [0, 0.1) is 0 Å². The van der Waals surface area contributed by atoms with Gasteiger partial charge in [0.15, 0.2) is 0 Å². The summed E-state index contributed by atoms with van der Waals surface area (Å²) >= 11 is 0. The third kappa shape index (κ3) is 5.81. The van der Waals surface area contributed by atoms with Crippen LogP contribution in [0.4, 0.5) is 11.4 Å². The third-order valence-corrected chi connectivity index (χ3v) is 3.74. The van der Waals surface area contributed by atoms with E-state index in [2.05, 4.69) is 15.8 Å². The highest BCUT2D eigenvalue weighted by atomic mass is 16.5. The Morgan fingerprint density at radius 3 is 2.38 bits per heavy atom. The SMILES string of the molecule is CCOc1ccc(N[C@H](C)C(=O)N/N=C\c2ccc(N(C)C)cc2)cc1. The van der Waals surface area contributed by atoms with Gasteiger partial charge in [0, 0.05) is 25.5 Å². The van der Waals surface area contributed by atoms with Gasteiger partial charge >= 0.3 is 0 Å². The van der Waals surface area contributed by atoms with Crippen LogP contribution in [0.15, 0.2) is 53.6 Å². The van der Waals surface area contributed by atoms with Gasteiger partial charge in [-0.15, -0.1) is 0 Å². The first-order valence-corrected chi connectivity index (χ1v) is 8.59. The topological polar surface area (TPSA) is 66.0 Å². The molecule has 1 amide bonds. The molecule has 0 aromatic heterocycles. The lowest BCUT2D eigenvalue weighted by Crippen LogP contribution is -2.34. The highest BCUT2D eigenvalue weighted by Gasteiger charge is 2.11. The van der Waals surface area contributed by atoms with E-state index in [0.29, 0.717) is 6.61 Å². The Labute approximate surface area is 154 Å². The van der Waals surface area contributed by atoms with E-state index in [0.717, 1.165) is 22.7 Å². The number of nitrogens with one attached hydrogen (secondary N) is 2. The number of ether oxygens (including phenoxy) is 1. The molecule has 0 spiro atoms. The zero-order valence-corrected chi connectivity index (χ0v) is 15.7. The molecule has 138 valence electrons. The zero-order chi connectivity index (χ0) is 18.9. The minimum atomic E-state index is -0.416. The number of amides is 1. The second-order valence-electron chi connectivity index (χ2n) is 6.04. The van der Waals surface area contributed by atoms with Crippen LogP contribution in [-0.2, 0) is 4.79 Å². The maximum atomic E-state index is 12.1. The summed E-state index contributed by atoms with van der Waals surface area (Å²) in [5, 5.41) is 7.15. The number of carbonyl (C=O) groups is 1. The second kappa shape index (κ2) is 9.46. The highest BCUT2D eigenvalue weighted by molar-refractivity contribution is 5.86. The Morgan fingerprint density at radius 1 is 1.15 bits per heavy atom. The van der Waals surface area contributed by atoms with Gasteiger partial charge in [-0.1, -0.05) is 12.1 Å². The van der Waals surface area contributed by atoms with Gasteiger partial charge in [-0.25, -0.2) is 5.43 Å². The Bertz CT molecular complexity index is 724. The first-order valence-electron chi connectivity index (χ1n) is 8.59. The average molecular weight is 354 g/mol. The van der Waals surface area contributed by atoms with Crippen LogP contribution in [0.5, 0.6) is 5.75 Å². The van der Waals surface area contributed by atoms with Crippen molar-refractivity contribution in [3.05, 3.63) is 54.1 Å². The molecule has 6 nitrogen and oxygen atoms in total. The molecule has 0 saturated heterocycles. The summed E-state index contributed by atoms with van der Waals surface area (Å²) in [6.07, 6.45) is 1.63. The summed E-state index contributed by atoms with van der Waals surface area (Å²) in [5.74, 6) is 0.597. The number of anilines is 2. The molecule has 2 aromatic rings. The molecule has 0 bridgehead atoms. The summed E-state index contributed by atoms with van der Waals surface area (Å²) in [7, 11) is 3.98. The standard InChI is InChI=1S/C20H26N4O2/c1-5-26-19-12-8-17(9-13-19)22-15(2)20(25)23-21-14-16-6-10-18(11-7-16)24(3)4/h6-15,22H,5H2,1-4H3,(H,23,25)/b21-14-/t15-/m1/s1. The molecule has 0 aliphatic carbocycles. The van der Waals surface area contributed by atoms with E-state index in [1.165, 1.54) is 0 Å². The molecule has 6 heteroatoms. The quantitative estimate of drug-likeness (QED) is 0.565. The molecule has 26 heavy (non-hydrogen) atoms.